The number of amides is 1. The van der Waals surface area contributed by atoms with Gasteiger partial charge in [-0.05, 0) is 91.9 Å². The zero-order valence-electron chi connectivity index (χ0n) is 25.6. The number of likely N-dealkylation sites (N-methyl/N-ethyl adjacent to an activating group) is 1. The number of hydrogen-bond donors (Lipinski definition) is 3. The number of hydrogen-bond acceptors (Lipinski definition) is 9. The second kappa shape index (κ2) is 11.4. The average molecular weight is 609 g/mol. The third-order valence-corrected chi connectivity index (χ3v) is 10.3. The van der Waals surface area contributed by atoms with Gasteiger partial charge in [-0.15, -0.1) is 0 Å². The van der Waals surface area contributed by atoms with Crippen LogP contribution in [0.2, 0.25) is 0 Å². The van der Waals surface area contributed by atoms with E-state index in [2.05, 4.69) is 46.4 Å². The number of carbonyl (C=O) groups is 1. The van der Waals surface area contributed by atoms with Gasteiger partial charge >= 0.3 is 6.01 Å². The Balaban J connectivity index is 1.16. The highest BCUT2D eigenvalue weighted by Crippen LogP contribution is 2.40. The normalized spacial score (nSPS) is 26.8. The van der Waals surface area contributed by atoms with Crippen LogP contribution in [0.4, 0.5) is 5.82 Å². The first-order valence-electron chi connectivity index (χ1n) is 16.3. The van der Waals surface area contributed by atoms with Crippen LogP contribution < -0.4 is 15.0 Å². The van der Waals surface area contributed by atoms with Gasteiger partial charge in [0, 0.05) is 43.1 Å². The van der Waals surface area contributed by atoms with Crippen molar-refractivity contribution >= 4 is 33.4 Å². The zero-order valence-corrected chi connectivity index (χ0v) is 25.6. The molecule has 4 fully saturated rings. The van der Waals surface area contributed by atoms with Crippen molar-refractivity contribution < 1.29 is 19.7 Å². The number of aromatic nitrogens is 2. The van der Waals surface area contributed by atoms with Crippen LogP contribution in [-0.2, 0) is 4.79 Å². The molecule has 0 aliphatic carbocycles. The van der Waals surface area contributed by atoms with Crippen molar-refractivity contribution in [3.63, 3.8) is 0 Å². The molecule has 45 heavy (non-hydrogen) atoms. The number of fused-ring (bicyclic) bond motifs is 4. The Labute approximate surface area is 262 Å². The number of piperazine rings is 1. The predicted octanol–water partition coefficient (Wildman–Crippen LogP) is 3.53. The predicted molar refractivity (Wildman–Crippen MR) is 174 cm³/mol. The van der Waals surface area contributed by atoms with E-state index in [1.54, 1.807) is 6.07 Å². The van der Waals surface area contributed by atoms with Gasteiger partial charge in [-0.25, -0.2) is 0 Å². The van der Waals surface area contributed by atoms with E-state index in [0.29, 0.717) is 44.7 Å². The fraction of sp³-hybridized carbons (Fsp3) is 0.457. The number of aliphatic hydroxyl groups excluding tert-OH is 1. The smallest absolute Gasteiger partial charge is 0.319 e. The van der Waals surface area contributed by atoms with Crippen LogP contribution in [0, 0.1) is 0 Å². The third-order valence-electron chi connectivity index (χ3n) is 10.3. The first-order chi connectivity index (χ1) is 21.9. The number of benzene rings is 3. The molecule has 1 aromatic heterocycles. The van der Waals surface area contributed by atoms with E-state index in [1.807, 2.05) is 29.2 Å². The van der Waals surface area contributed by atoms with Gasteiger partial charge in [0.25, 0.3) is 0 Å². The molecule has 10 nitrogen and oxygen atoms in total. The van der Waals surface area contributed by atoms with Crippen LogP contribution in [-0.4, -0.2) is 106 Å². The van der Waals surface area contributed by atoms with Crippen molar-refractivity contribution in [3.8, 4) is 22.9 Å². The minimum absolute atomic E-state index is 0.0864. The fourth-order valence-corrected chi connectivity index (χ4v) is 7.97. The first kappa shape index (κ1) is 28.5. The lowest BCUT2D eigenvalue weighted by atomic mass is 9.97. The minimum atomic E-state index is -0.463. The SMILES string of the molecule is CN1CCC[C@H]1COc1nc(N2C3CCC2CN(C(=O)[C@@H]2C[C@@H](O)CN2)C3)c2ccc(-c3cc(O)cc4ccccc34)cc2n1. The number of β-amino-alcohol motifs (C(OH)–C–C–N with tert-alkyl or cyclic N) is 1. The number of phenolic OH excluding ortho intramolecular Hbond substituents is 1. The molecule has 3 N–H and O–H groups in total. The van der Waals surface area contributed by atoms with Gasteiger partial charge < -0.3 is 35.0 Å². The molecule has 10 heteroatoms. The average Bonchev–Trinajstić information content (AvgIpc) is 3.74. The molecule has 4 aromatic rings. The van der Waals surface area contributed by atoms with Crippen molar-refractivity contribution in [2.75, 3.05) is 44.7 Å². The Bertz CT molecular complexity index is 1750. The quantitative estimate of drug-likeness (QED) is 0.303. The Kier molecular flexibility index (Phi) is 7.23. The molecular formula is C35H40N6O4. The maximum atomic E-state index is 13.4. The summed E-state index contributed by atoms with van der Waals surface area (Å²) < 4.78 is 6.34. The molecular weight excluding hydrogens is 568 g/mol. The molecule has 0 spiro atoms. The van der Waals surface area contributed by atoms with Crippen molar-refractivity contribution in [3.05, 3.63) is 54.6 Å². The Morgan fingerprint density at radius 2 is 1.84 bits per heavy atom. The van der Waals surface area contributed by atoms with Crippen molar-refractivity contribution in [1.29, 1.82) is 0 Å². The standard InChI is InChI=1S/C35H40N6O4/c1-39-12-4-6-25(39)20-45-35-37-31-14-22(30-15-26(42)13-21-5-2-3-7-28(21)30)8-11-29(31)33(38-35)41-23-9-10-24(41)19-40(18-23)34(44)32-16-27(43)17-36-32/h2-3,5,7-8,11,13-15,23-25,27,32,36,42-43H,4,6,9-10,12,16-20H2,1H3/t23?,24?,25-,27+,32-/m0/s1. The summed E-state index contributed by atoms with van der Waals surface area (Å²) in [5.74, 6) is 1.17. The first-order valence-corrected chi connectivity index (χ1v) is 16.3. The highest BCUT2D eigenvalue weighted by molar-refractivity contribution is 6.01. The van der Waals surface area contributed by atoms with Crippen LogP contribution in [0.25, 0.3) is 32.8 Å². The van der Waals surface area contributed by atoms with Gasteiger partial charge in [-0.3, -0.25) is 4.79 Å². The van der Waals surface area contributed by atoms with Crippen molar-refractivity contribution in [2.45, 2.75) is 62.4 Å². The van der Waals surface area contributed by atoms with E-state index in [1.165, 1.54) is 0 Å². The number of phenols is 1. The summed E-state index contributed by atoms with van der Waals surface area (Å²) in [6, 6.07) is 18.6. The second-order valence-electron chi connectivity index (χ2n) is 13.2. The van der Waals surface area contributed by atoms with E-state index in [0.717, 1.165) is 70.8 Å². The van der Waals surface area contributed by atoms with E-state index >= 15 is 0 Å². The molecule has 4 aliphatic rings. The minimum Gasteiger partial charge on any atom is -0.508 e. The highest BCUT2D eigenvalue weighted by Gasteiger charge is 2.44. The van der Waals surface area contributed by atoms with Crippen LogP contribution in [0.15, 0.2) is 54.6 Å². The van der Waals surface area contributed by atoms with Gasteiger partial charge in [0.05, 0.1) is 17.7 Å². The third kappa shape index (κ3) is 5.24. The molecule has 5 heterocycles. The summed E-state index contributed by atoms with van der Waals surface area (Å²) in [6.45, 7) is 3.33. The maximum absolute atomic E-state index is 13.4. The van der Waals surface area contributed by atoms with E-state index < -0.39 is 6.10 Å². The number of nitrogens with one attached hydrogen (secondary N) is 1. The maximum Gasteiger partial charge on any atom is 0.319 e. The largest absolute Gasteiger partial charge is 0.508 e. The molecule has 0 saturated carbocycles. The Morgan fingerprint density at radius 1 is 1.02 bits per heavy atom. The lowest BCUT2D eigenvalue weighted by Crippen LogP contribution is -2.58. The number of aromatic hydroxyl groups is 1. The lowest BCUT2D eigenvalue weighted by molar-refractivity contribution is -0.134. The molecule has 8 rings (SSSR count). The van der Waals surface area contributed by atoms with Gasteiger partial charge in [0.2, 0.25) is 5.91 Å². The molecule has 1 amide bonds. The topological polar surface area (TPSA) is 114 Å². The van der Waals surface area contributed by atoms with E-state index in [9.17, 15) is 15.0 Å². The van der Waals surface area contributed by atoms with E-state index in [-0.39, 0.29) is 29.8 Å². The summed E-state index contributed by atoms with van der Waals surface area (Å²) in [5.41, 5.74) is 2.70. The van der Waals surface area contributed by atoms with Crippen LogP contribution in [0.1, 0.15) is 32.1 Å². The number of rotatable bonds is 6. The summed E-state index contributed by atoms with van der Waals surface area (Å²) in [5, 5.41) is 26.7. The molecule has 2 bridgehead atoms. The van der Waals surface area contributed by atoms with Gasteiger partial charge in [0.1, 0.15) is 18.2 Å². The van der Waals surface area contributed by atoms with Gasteiger partial charge in [0.15, 0.2) is 0 Å². The monoisotopic (exact) mass is 608 g/mol. The summed E-state index contributed by atoms with van der Waals surface area (Å²) in [6.07, 6.45) is 4.23. The van der Waals surface area contributed by atoms with Gasteiger partial charge in [-0.1, -0.05) is 30.3 Å². The van der Waals surface area contributed by atoms with Gasteiger partial charge in [-0.2, -0.15) is 9.97 Å². The number of anilines is 1. The van der Waals surface area contributed by atoms with Crippen molar-refractivity contribution in [2.24, 2.45) is 0 Å². The summed E-state index contributed by atoms with van der Waals surface area (Å²) >= 11 is 0. The van der Waals surface area contributed by atoms with Crippen LogP contribution in [0.5, 0.6) is 11.8 Å². The fourth-order valence-electron chi connectivity index (χ4n) is 7.97. The number of carbonyl (C=O) groups excluding carboxylic acids is 1. The number of ether oxygens (including phenoxy) is 1. The zero-order chi connectivity index (χ0) is 30.7. The summed E-state index contributed by atoms with van der Waals surface area (Å²) in [7, 11) is 2.14. The number of nitrogens with zero attached hydrogens (tertiary/aromatic N) is 5. The molecule has 3 aromatic carbocycles. The molecule has 5 atom stereocenters. The number of aliphatic hydroxyl groups is 1. The molecule has 234 valence electrons. The molecule has 4 aliphatic heterocycles. The van der Waals surface area contributed by atoms with Crippen LogP contribution in [0.3, 0.4) is 0 Å². The molecule has 2 unspecified atom stereocenters. The van der Waals surface area contributed by atoms with Crippen molar-refractivity contribution in [1.82, 2.24) is 25.1 Å². The second-order valence-corrected chi connectivity index (χ2v) is 13.2. The lowest BCUT2D eigenvalue weighted by Gasteiger charge is -2.42. The Hall–Kier alpha value is -3.99. The number of likely N-dealkylation sites (tertiary alicyclic amines) is 2. The Morgan fingerprint density at radius 3 is 2.60 bits per heavy atom. The molecule has 0 radical (unpaired) electrons. The van der Waals surface area contributed by atoms with E-state index in [4.69, 9.17) is 14.7 Å². The molecule has 4 saturated heterocycles. The highest BCUT2D eigenvalue weighted by atomic mass is 16.5. The summed E-state index contributed by atoms with van der Waals surface area (Å²) in [4.78, 5) is 30.1. The van der Waals surface area contributed by atoms with Crippen LogP contribution >= 0.6 is 0 Å².